The van der Waals surface area contributed by atoms with Crippen LogP contribution in [0.1, 0.15) is 26.5 Å². The van der Waals surface area contributed by atoms with Gasteiger partial charge in [-0.1, -0.05) is 20.8 Å². The number of aromatic nitrogens is 1. The van der Waals surface area contributed by atoms with E-state index in [9.17, 15) is 9.59 Å². The van der Waals surface area contributed by atoms with E-state index >= 15 is 0 Å². The van der Waals surface area contributed by atoms with E-state index in [1.807, 2.05) is 25.8 Å². The predicted molar refractivity (Wildman–Crippen MR) is 44.3 cm³/mol. The third kappa shape index (κ3) is 1.84. The average molecular weight is 169 g/mol. The van der Waals surface area contributed by atoms with Crippen molar-refractivity contribution in [2.45, 2.75) is 26.2 Å². The van der Waals surface area contributed by atoms with Crippen molar-refractivity contribution in [2.75, 3.05) is 0 Å². The minimum atomic E-state index is -0.701. The van der Waals surface area contributed by atoms with Crippen LogP contribution in [-0.2, 0) is 5.41 Å². The van der Waals surface area contributed by atoms with Crippen LogP contribution >= 0.6 is 0 Å². The molecule has 0 saturated heterocycles. The highest BCUT2D eigenvalue weighted by molar-refractivity contribution is 5.05. The normalized spacial score (nSPS) is 11.6. The molecule has 4 nitrogen and oxygen atoms in total. The molecule has 12 heavy (non-hydrogen) atoms. The van der Waals surface area contributed by atoms with Crippen LogP contribution in [0.15, 0.2) is 20.1 Å². The van der Waals surface area contributed by atoms with Gasteiger partial charge in [0.05, 0.1) is 0 Å². The van der Waals surface area contributed by atoms with Gasteiger partial charge < -0.3 is 4.42 Å². The highest BCUT2D eigenvalue weighted by Gasteiger charge is 2.17. The maximum absolute atomic E-state index is 10.8. The molecule has 0 spiro atoms. The van der Waals surface area contributed by atoms with Gasteiger partial charge in [-0.3, -0.25) is 9.78 Å². The molecule has 4 heteroatoms. The Morgan fingerprint density at radius 2 is 1.92 bits per heavy atom. The molecule has 1 N–H and O–H groups in total. The van der Waals surface area contributed by atoms with Gasteiger partial charge in [0.15, 0.2) is 0 Å². The number of hydrogen-bond donors (Lipinski definition) is 1. The summed E-state index contributed by atoms with van der Waals surface area (Å²) in [4.78, 5) is 23.6. The third-order valence-electron chi connectivity index (χ3n) is 1.43. The van der Waals surface area contributed by atoms with Crippen molar-refractivity contribution in [3.63, 3.8) is 0 Å². The van der Waals surface area contributed by atoms with E-state index in [4.69, 9.17) is 4.42 Å². The van der Waals surface area contributed by atoms with Crippen molar-refractivity contribution < 1.29 is 4.42 Å². The van der Waals surface area contributed by atoms with Crippen LogP contribution in [0.5, 0.6) is 0 Å². The molecule has 0 aromatic carbocycles. The predicted octanol–water partition coefficient (Wildman–Crippen LogP) is 0.626. The smallest absolute Gasteiger partial charge is 0.414 e. The monoisotopic (exact) mass is 169 g/mol. The number of aromatic amines is 1. The molecule has 0 radical (unpaired) electrons. The lowest BCUT2D eigenvalue weighted by Gasteiger charge is -2.14. The first-order valence-corrected chi connectivity index (χ1v) is 3.64. The van der Waals surface area contributed by atoms with E-state index in [0.717, 1.165) is 0 Å². The molecule has 0 aliphatic heterocycles. The molecule has 0 bridgehead atoms. The summed E-state index contributed by atoms with van der Waals surface area (Å²) < 4.78 is 4.81. The van der Waals surface area contributed by atoms with Gasteiger partial charge in [0.1, 0.15) is 5.76 Å². The van der Waals surface area contributed by atoms with Crippen LogP contribution in [-0.4, -0.2) is 4.98 Å². The van der Waals surface area contributed by atoms with Crippen molar-refractivity contribution in [3.8, 4) is 0 Å². The maximum Gasteiger partial charge on any atom is 0.419 e. The van der Waals surface area contributed by atoms with Gasteiger partial charge in [-0.15, -0.1) is 0 Å². The topological polar surface area (TPSA) is 63.1 Å². The molecule has 1 aromatic rings. The molecule has 0 aliphatic carbocycles. The summed E-state index contributed by atoms with van der Waals surface area (Å²) in [6.07, 6.45) is 0. The fraction of sp³-hybridized carbons (Fsp3) is 0.500. The Hall–Kier alpha value is -1.32. The SMILES string of the molecule is CC(C)(C)c1cc(=O)[nH]c(=O)o1. The van der Waals surface area contributed by atoms with Gasteiger partial charge in [-0.25, -0.2) is 4.79 Å². The lowest BCUT2D eigenvalue weighted by molar-refractivity contribution is 0.361. The highest BCUT2D eigenvalue weighted by Crippen LogP contribution is 2.18. The second-order valence-corrected chi connectivity index (χ2v) is 3.64. The molecular weight excluding hydrogens is 158 g/mol. The second kappa shape index (κ2) is 2.62. The molecule has 0 atom stereocenters. The summed E-state index contributed by atoms with van der Waals surface area (Å²) in [5.41, 5.74) is -0.732. The summed E-state index contributed by atoms with van der Waals surface area (Å²) in [5, 5.41) is 0. The molecule has 0 fully saturated rings. The summed E-state index contributed by atoms with van der Waals surface area (Å²) >= 11 is 0. The van der Waals surface area contributed by atoms with E-state index in [0.29, 0.717) is 5.76 Å². The van der Waals surface area contributed by atoms with Crippen LogP contribution < -0.4 is 11.3 Å². The van der Waals surface area contributed by atoms with E-state index in [1.165, 1.54) is 6.07 Å². The first kappa shape index (κ1) is 8.77. The Morgan fingerprint density at radius 1 is 1.33 bits per heavy atom. The van der Waals surface area contributed by atoms with Crippen LogP contribution in [0.2, 0.25) is 0 Å². The van der Waals surface area contributed by atoms with Gasteiger partial charge in [0.2, 0.25) is 0 Å². The van der Waals surface area contributed by atoms with Crippen molar-refractivity contribution in [1.29, 1.82) is 0 Å². The molecule has 1 aromatic heterocycles. The number of H-pyrrole nitrogens is 1. The van der Waals surface area contributed by atoms with Gasteiger partial charge in [0.25, 0.3) is 5.56 Å². The standard InChI is InChI=1S/C8H11NO3/c1-8(2,3)5-4-6(10)9-7(11)12-5/h4H,1-3H3,(H,9,10,11). The van der Waals surface area contributed by atoms with Crippen molar-refractivity contribution in [3.05, 3.63) is 32.7 Å². The molecule has 1 rings (SSSR count). The second-order valence-electron chi connectivity index (χ2n) is 3.64. The maximum atomic E-state index is 10.8. The Labute approximate surface area is 69.2 Å². The Kier molecular flexibility index (Phi) is 1.92. The Balaban J connectivity index is 3.37. The fourth-order valence-electron chi connectivity index (χ4n) is 0.780. The van der Waals surface area contributed by atoms with E-state index < -0.39 is 11.3 Å². The first-order chi connectivity index (χ1) is 5.39. The van der Waals surface area contributed by atoms with Gasteiger partial charge in [-0.05, 0) is 0 Å². The summed E-state index contributed by atoms with van der Waals surface area (Å²) in [6, 6.07) is 1.29. The largest absolute Gasteiger partial charge is 0.419 e. The average Bonchev–Trinajstić information content (AvgIpc) is 1.82. The number of nitrogens with one attached hydrogen (secondary N) is 1. The van der Waals surface area contributed by atoms with Crippen LogP contribution in [0.4, 0.5) is 0 Å². The van der Waals surface area contributed by atoms with Crippen LogP contribution in [0.25, 0.3) is 0 Å². The molecule has 1 heterocycles. The minimum Gasteiger partial charge on any atom is -0.414 e. The van der Waals surface area contributed by atoms with Crippen LogP contribution in [0.3, 0.4) is 0 Å². The summed E-state index contributed by atoms with van der Waals surface area (Å²) in [7, 11) is 0. The van der Waals surface area contributed by atoms with E-state index in [2.05, 4.69) is 0 Å². The zero-order valence-electron chi connectivity index (χ0n) is 7.30. The zero-order chi connectivity index (χ0) is 9.35. The zero-order valence-corrected chi connectivity index (χ0v) is 7.30. The Morgan fingerprint density at radius 3 is 2.33 bits per heavy atom. The lowest BCUT2D eigenvalue weighted by Crippen LogP contribution is -2.23. The number of rotatable bonds is 0. The minimum absolute atomic E-state index is 0.312. The fourth-order valence-corrected chi connectivity index (χ4v) is 0.780. The van der Waals surface area contributed by atoms with Crippen LogP contribution in [0, 0.1) is 0 Å². The number of hydrogen-bond acceptors (Lipinski definition) is 3. The third-order valence-corrected chi connectivity index (χ3v) is 1.43. The molecule has 0 aliphatic rings. The molecular formula is C8H11NO3. The highest BCUT2D eigenvalue weighted by atomic mass is 16.4. The molecule has 66 valence electrons. The van der Waals surface area contributed by atoms with Gasteiger partial charge >= 0.3 is 5.76 Å². The van der Waals surface area contributed by atoms with E-state index in [-0.39, 0.29) is 5.41 Å². The first-order valence-electron chi connectivity index (χ1n) is 3.64. The quantitative estimate of drug-likeness (QED) is 0.619. The summed E-state index contributed by atoms with van der Waals surface area (Å²) in [5.74, 6) is -0.302. The van der Waals surface area contributed by atoms with Crippen molar-refractivity contribution in [1.82, 2.24) is 4.98 Å². The molecule has 0 amide bonds. The molecule has 0 unspecified atom stereocenters. The van der Waals surface area contributed by atoms with Gasteiger partial charge in [0, 0.05) is 11.5 Å². The Bertz CT molecular complexity index is 352. The van der Waals surface area contributed by atoms with E-state index in [1.54, 1.807) is 0 Å². The van der Waals surface area contributed by atoms with Crippen molar-refractivity contribution >= 4 is 0 Å². The van der Waals surface area contributed by atoms with Crippen molar-refractivity contribution in [2.24, 2.45) is 0 Å². The van der Waals surface area contributed by atoms with Gasteiger partial charge in [-0.2, -0.15) is 0 Å². The summed E-state index contributed by atoms with van der Waals surface area (Å²) in [6.45, 7) is 5.60. The molecule has 0 saturated carbocycles. The lowest BCUT2D eigenvalue weighted by atomic mass is 9.93.